The number of hydrogen-bond acceptors (Lipinski definition) is 6. The molecule has 0 aliphatic heterocycles. The highest BCUT2D eigenvalue weighted by molar-refractivity contribution is 6.30. The second kappa shape index (κ2) is 6.06. The number of oxime groups is 1. The topological polar surface area (TPSA) is 124 Å². The molecule has 21 heavy (non-hydrogen) atoms. The van der Waals surface area contributed by atoms with E-state index in [2.05, 4.69) is 10.1 Å². The van der Waals surface area contributed by atoms with E-state index in [1.165, 1.54) is 36.5 Å². The number of ether oxygens (including phenoxy) is 1. The molecule has 0 amide bonds. The van der Waals surface area contributed by atoms with Crippen LogP contribution in [0.25, 0.3) is 0 Å². The Morgan fingerprint density at radius 1 is 1.43 bits per heavy atom. The summed E-state index contributed by atoms with van der Waals surface area (Å²) in [5, 5.41) is 22.6. The second-order valence-electron chi connectivity index (χ2n) is 3.84. The summed E-state index contributed by atoms with van der Waals surface area (Å²) in [6.07, 6.45) is 1.37. The van der Waals surface area contributed by atoms with Crippen LogP contribution in [0, 0.1) is 10.1 Å². The van der Waals surface area contributed by atoms with E-state index in [-0.39, 0.29) is 28.2 Å². The molecular weight excluding hydrogens is 300 g/mol. The molecule has 0 spiro atoms. The Bertz CT molecular complexity index is 720. The van der Waals surface area contributed by atoms with Gasteiger partial charge < -0.3 is 15.7 Å². The average Bonchev–Trinajstić information content (AvgIpc) is 2.48. The lowest BCUT2D eigenvalue weighted by atomic mass is 10.2. The molecular formula is C12H9ClN4O4. The third-order valence-electron chi connectivity index (χ3n) is 2.47. The summed E-state index contributed by atoms with van der Waals surface area (Å²) in [6.45, 7) is 0. The maximum absolute atomic E-state index is 11.0. The summed E-state index contributed by atoms with van der Waals surface area (Å²) in [5.41, 5.74) is 5.51. The molecule has 2 aromatic rings. The van der Waals surface area contributed by atoms with Gasteiger partial charge in [-0.15, -0.1) is 0 Å². The molecule has 0 bridgehead atoms. The Morgan fingerprint density at radius 2 is 2.19 bits per heavy atom. The zero-order valence-corrected chi connectivity index (χ0v) is 11.2. The van der Waals surface area contributed by atoms with E-state index in [9.17, 15) is 10.1 Å². The molecule has 3 N–H and O–H groups in total. The van der Waals surface area contributed by atoms with Crippen LogP contribution in [-0.4, -0.2) is 21.0 Å². The van der Waals surface area contributed by atoms with E-state index in [0.717, 1.165) is 0 Å². The van der Waals surface area contributed by atoms with Crippen molar-refractivity contribution in [3.63, 3.8) is 0 Å². The first kappa shape index (κ1) is 14.5. The van der Waals surface area contributed by atoms with Gasteiger partial charge in [0.15, 0.2) is 5.84 Å². The van der Waals surface area contributed by atoms with Crippen LogP contribution >= 0.6 is 11.6 Å². The summed E-state index contributed by atoms with van der Waals surface area (Å²) >= 11 is 5.71. The minimum atomic E-state index is -0.616. The number of pyridine rings is 1. The average molecular weight is 309 g/mol. The van der Waals surface area contributed by atoms with Crippen molar-refractivity contribution < 1.29 is 14.9 Å². The number of nitro benzene ring substituents is 1. The second-order valence-corrected chi connectivity index (χ2v) is 4.28. The third-order valence-corrected chi connectivity index (χ3v) is 2.71. The largest absolute Gasteiger partial charge is 0.432 e. The van der Waals surface area contributed by atoms with E-state index < -0.39 is 4.92 Å². The molecule has 0 aliphatic carbocycles. The van der Waals surface area contributed by atoms with Gasteiger partial charge in [0.25, 0.3) is 0 Å². The van der Waals surface area contributed by atoms with Crippen LogP contribution in [0.5, 0.6) is 11.6 Å². The van der Waals surface area contributed by atoms with Gasteiger partial charge in [-0.2, -0.15) is 0 Å². The van der Waals surface area contributed by atoms with Crippen LogP contribution in [0.15, 0.2) is 41.7 Å². The van der Waals surface area contributed by atoms with Crippen molar-refractivity contribution in [2.75, 3.05) is 0 Å². The maximum atomic E-state index is 11.0. The van der Waals surface area contributed by atoms with E-state index in [1.54, 1.807) is 0 Å². The van der Waals surface area contributed by atoms with Gasteiger partial charge >= 0.3 is 5.69 Å². The Morgan fingerprint density at radius 3 is 2.86 bits per heavy atom. The number of rotatable bonds is 4. The van der Waals surface area contributed by atoms with Crippen LogP contribution in [0.2, 0.25) is 5.02 Å². The first-order chi connectivity index (χ1) is 10.0. The normalized spacial score (nSPS) is 11.2. The number of aromatic nitrogens is 1. The van der Waals surface area contributed by atoms with Gasteiger partial charge in [0, 0.05) is 28.9 Å². The zero-order valence-electron chi connectivity index (χ0n) is 10.4. The number of halogens is 1. The zero-order chi connectivity index (χ0) is 15.4. The highest BCUT2D eigenvalue weighted by atomic mass is 35.5. The monoisotopic (exact) mass is 308 g/mol. The number of nitro groups is 1. The molecule has 108 valence electrons. The molecule has 0 saturated carbocycles. The van der Waals surface area contributed by atoms with E-state index in [1.807, 2.05) is 0 Å². The summed E-state index contributed by atoms with van der Waals surface area (Å²) in [7, 11) is 0. The van der Waals surface area contributed by atoms with Crippen molar-refractivity contribution in [2.24, 2.45) is 10.9 Å². The number of amidine groups is 1. The van der Waals surface area contributed by atoms with Crippen LogP contribution in [0.4, 0.5) is 5.69 Å². The number of benzene rings is 1. The Labute approximate surface area is 123 Å². The fourth-order valence-electron chi connectivity index (χ4n) is 1.51. The molecule has 1 aromatic carbocycles. The predicted molar refractivity (Wildman–Crippen MR) is 74.9 cm³/mol. The van der Waals surface area contributed by atoms with Crippen molar-refractivity contribution in [1.29, 1.82) is 0 Å². The van der Waals surface area contributed by atoms with Gasteiger partial charge in [-0.05, 0) is 18.2 Å². The molecule has 0 fully saturated rings. The van der Waals surface area contributed by atoms with Gasteiger partial charge in [-0.1, -0.05) is 16.8 Å². The molecule has 1 heterocycles. The summed E-state index contributed by atoms with van der Waals surface area (Å²) < 4.78 is 5.36. The SMILES string of the molecule is N/C(=N\O)c1ccnc(Oc2ccc(Cl)cc2[N+](=O)[O-])c1. The quantitative estimate of drug-likeness (QED) is 0.294. The van der Waals surface area contributed by atoms with Crippen LogP contribution in [0.3, 0.4) is 0 Å². The number of hydrogen-bond donors (Lipinski definition) is 2. The summed E-state index contributed by atoms with van der Waals surface area (Å²) in [4.78, 5) is 14.2. The lowest BCUT2D eigenvalue weighted by Gasteiger charge is -2.06. The van der Waals surface area contributed by atoms with Gasteiger partial charge in [0.05, 0.1) is 4.92 Å². The first-order valence-corrected chi connectivity index (χ1v) is 5.95. The Balaban J connectivity index is 2.37. The van der Waals surface area contributed by atoms with Crippen LogP contribution in [-0.2, 0) is 0 Å². The summed E-state index contributed by atoms with van der Waals surface area (Å²) in [6, 6.07) is 6.87. The molecule has 0 atom stereocenters. The molecule has 8 nitrogen and oxygen atoms in total. The van der Waals surface area contributed by atoms with Crippen LogP contribution < -0.4 is 10.5 Å². The van der Waals surface area contributed by atoms with Crippen molar-refractivity contribution in [3.05, 3.63) is 57.2 Å². The number of nitrogens with two attached hydrogens (primary N) is 1. The van der Waals surface area contributed by atoms with Crippen molar-refractivity contribution in [1.82, 2.24) is 4.98 Å². The Kier molecular flexibility index (Phi) is 4.19. The third kappa shape index (κ3) is 3.37. The minimum Gasteiger partial charge on any atom is -0.432 e. The molecule has 0 saturated heterocycles. The van der Waals surface area contributed by atoms with E-state index in [0.29, 0.717) is 5.56 Å². The van der Waals surface area contributed by atoms with Crippen LogP contribution in [0.1, 0.15) is 5.56 Å². The molecule has 1 aromatic heterocycles. The number of nitrogens with zero attached hydrogens (tertiary/aromatic N) is 3. The fourth-order valence-corrected chi connectivity index (χ4v) is 1.68. The first-order valence-electron chi connectivity index (χ1n) is 5.57. The van der Waals surface area contributed by atoms with E-state index >= 15 is 0 Å². The lowest BCUT2D eigenvalue weighted by Crippen LogP contribution is -2.13. The van der Waals surface area contributed by atoms with Gasteiger partial charge in [0.1, 0.15) is 0 Å². The maximum Gasteiger partial charge on any atom is 0.313 e. The fraction of sp³-hybridized carbons (Fsp3) is 0. The highest BCUT2D eigenvalue weighted by Gasteiger charge is 2.17. The standard InChI is InChI=1S/C12H9ClN4O4/c13-8-1-2-10(9(6-8)17(19)20)21-11-5-7(3-4-15-11)12(14)16-18/h1-6,18H,(H2,14,16). The smallest absolute Gasteiger partial charge is 0.313 e. The van der Waals surface area contributed by atoms with Crippen molar-refractivity contribution >= 4 is 23.1 Å². The Hall–Kier alpha value is -2.87. The summed E-state index contributed by atoms with van der Waals surface area (Å²) in [5.74, 6) is -0.0917. The van der Waals surface area contributed by atoms with E-state index in [4.69, 9.17) is 27.3 Å². The molecule has 0 radical (unpaired) electrons. The minimum absolute atomic E-state index is 0.0199. The van der Waals surface area contributed by atoms with Gasteiger partial charge in [-0.3, -0.25) is 10.1 Å². The van der Waals surface area contributed by atoms with Crippen molar-refractivity contribution in [3.8, 4) is 11.6 Å². The molecule has 2 rings (SSSR count). The highest BCUT2D eigenvalue weighted by Crippen LogP contribution is 2.32. The van der Waals surface area contributed by atoms with Gasteiger partial charge in [0.2, 0.25) is 11.6 Å². The molecule has 0 unspecified atom stereocenters. The van der Waals surface area contributed by atoms with Gasteiger partial charge in [-0.25, -0.2) is 4.98 Å². The molecule has 9 heteroatoms. The van der Waals surface area contributed by atoms with Crippen molar-refractivity contribution in [2.45, 2.75) is 0 Å². The lowest BCUT2D eigenvalue weighted by molar-refractivity contribution is -0.385. The predicted octanol–water partition coefficient (Wildman–Crippen LogP) is 2.53. The molecule has 0 aliphatic rings.